The smallest absolute Gasteiger partial charge is 0.225 e. The monoisotopic (exact) mass is 289 g/mol. The van der Waals surface area contributed by atoms with E-state index in [-0.39, 0.29) is 11.7 Å². The largest absolute Gasteiger partial charge is 0.349 e. The molecule has 2 N–H and O–H groups in total. The highest BCUT2D eigenvalue weighted by Crippen LogP contribution is 2.13. The van der Waals surface area contributed by atoms with Crippen LogP contribution in [-0.2, 0) is 17.8 Å². The highest BCUT2D eigenvalue weighted by Gasteiger charge is 2.07. The van der Waals surface area contributed by atoms with Crippen LogP contribution in [0.2, 0.25) is 0 Å². The van der Waals surface area contributed by atoms with Gasteiger partial charge in [-0.15, -0.1) is 11.3 Å². The first-order valence-corrected chi connectivity index (χ1v) is 7.02. The molecular formula is C14H12FN3OS. The standard InChI is InChI=1S/C14H12FN3OS/c15-9-3-4-11-12(6-9)18-13(17-11)8-16-14(19)7-10-2-1-5-20-10/h1-6H,7-8H2,(H,16,19)(H,17,18). The normalized spacial score (nSPS) is 10.8. The first kappa shape index (κ1) is 12.8. The lowest BCUT2D eigenvalue weighted by Crippen LogP contribution is -2.24. The molecule has 0 aliphatic heterocycles. The molecule has 0 aliphatic carbocycles. The van der Waals surface area contributed by atoms with Gasteiger partial charge in [0.1, 0.15) is 11.6 Å². The number of aromatic amines is 1. The van der Waals surface area contributed by atoms with E-state index in [0.717, 1.165) is 4.88 Å². The number of fused-ring (bicyclic) bond motifs is 1. The van der Waals surface area contributed by atoms with Gasteiger partial charge in [-0.2, -0.15) is 0 Å². The van der Waals surface area contributed by atoms with Crippen molar-refractivity contribution in [2.45, 2.75) is 13.0 Å². The molecule has 0 bridgehead atoms. The first-order chi connectivity index (χ1) is 9.70. The summed E-state index contributed by atoms with van der Waals surface area (Å²) in [6.45, 7) is 0.306. The van der Waals surface area contributed by atoms with Crippen LogP contribution >= 0.6 is 11.3 Å². The summed E-state index contributed by atoms with van der Waals surface area (Å²) < 4.78 is 13.1. The minimum absolute atomic E-state index is 0.0564. The fourth-order valence-corrected chi connectivity index (χ4v) is 2.64. The second kappa shape index (κ2) is 5.42. The maximum atomic E-state index is 13.1. The number of carbonyl (C=O) groups is 1. The predicted octanol–water partition coefficient (Wildman–Crippen LogP) is 2.62. The van der Waals surface area contributed by atoms with Crippen LogP contribution in [0.15, 0.2) is 35.7 Å². The van der Waals surface area contributed by atoms with Gasteiger partial charge in [0.2, 0.25) is 5.91 Å². The van der Waals surface area contributed by atoms with Crippen molar-refractivity contribution in [3.8, 4) is 0 Å². The van der Waals surface area contributed by atoms with E-state index in [2.05, 4.69) is 15.3 Å². The number of halogens is 1. The van der Waals surface area contributed by atoms with E-state index >= 15 is 0 Å². The Bertz CT molecular complexity index is 736. The Balaban J connectivity index is 1.63. The van der Waals surface area contributed by atoms with Crippen LogP contribution in [0.1, 0.15) is 10.7 Å². The van der Waals surface area contributed by atoms with Gasteiger partial charge in [-0.25, -0.2) is 9.37 Å². The number of aromatic nitrogens is 2. The molecule has 102 valence electrons. The number of rotatable bonds is 4. The minimum Gasteiger partial charge on any atom is -0.349 e. The molecule has 3 aromatic rings. The van der Waals surface area contributed by atoms with Crippen LogP contribution in [0.3, 0.4) is 0 Å². The number of carbonyl (C=O) groups excluding carboxylic acids is 1. The van der Waals surface area contributed by atoms with Crippen molar-refractivity contribution in [1.82, 2.24) is 15.3 Å². The number of hydrogen-bond acceptors (Lipinski definition) is 3. The summed E-state index contributed by atoms with van der Waals surface area (Å²) in [7, 11) is 0. The summed E-state index contributed by atoms with van der Waals surface area (Å²) in [5, 5.41) is 4.73. The average Bonchev–Trinajstić information content (AvgIpc) is 3.04. The predicted molar refractivity (Wildman–Crippen MR) is 75.9 cm³/mol. The Morgan fingerprint density at radius 3 is 3.10 bits per heavy atom. The topological polar surface area (TPSA) is 57.8 Å². The number of hydrogen-bond donors (Lipinski definition) is 2. The number of amides is 1. The molecule has 1 amide bonds. The van der Waals surface area contributed by atoms with Crippen molar-refractivity contribution in [2.24, 2.45) is 0 Å². The molecule has 6 heteroatoms. The van der Waals surface area contributed by atoms with E-state index in [1.165, 1.54) is 12.1 Å². The zero-order valence-corrected chi connectivity index (χ0v) is 11.3. The van der Waals surface area contributed by atoms with E-state index in [1.54, 1.807) is 17.4 Å². The van der Waals surface area contributed by atoms with Crippen LogP contribution in [0.5, 0.6) is 0 Å². The Hall–Kier alpha value is -2.21. The molecule has 0 atom stereocenters. The fourth-order valence-electron chi connectivity index (χ4n) is 1.93. The van der Waals surface area contributed by atoms with Crippen molar-refractivity contribution >= 4 is 28.3 Å². The average molecular weight is 289 g/mol. The van der Waals surface area contributed by atoms with Gasteiger partial charge in [0, 0.05) is 4.88 Å². The van der Waals surface area contributed by atoms with Gasteiger partial charge in [0.15, 0.2) is 0 Å². The molecule has 2 aromatic heterocycles. The molecule has 1 aromatic carbocycles. The molecule has 0 unspecified atom stereocenters. The third kappa shape index (κ3) is 2.85. The first-order valence-electron chi connectivity index (χ1n) is 6.14. The van der Waals surface area contributed by atoms with Crippen LogP contribution in [-0.4, -0.2) is 15.9 Å². The van der Waals surface area contributed by atoms with Crippen molar-refractivity contribution in [2.75, 3.05) is 0 Å². The van der Waals surface area contributed by atoms with E-state index in [4.69, 9.17) is 0 Å². The molecule has 0 spiro atoms. The lowest BCUT2D eigenvalue weighted by Gasteiger charge is -2.01. The lowest BCUT2D eigenvalue weighted by molar-refractivity contribution is -0.120. The summed E-state index contributed by atoms with van der Waals surface area (Å²) in [4.78, 5) is 20.0. The molecule has 0 fully saturated rings. The van der Waals surface area contributed by atoms with Gasteiger partial charge in [-0.1, -0.05) is 6.07 Å². The van der Waals surface area contributed by atoms with Gasteiger partial charge >= 0.3 is 0 Å². The van der Waals surface area contributed by atoms with Crippen molar-refractivity contribution in [3.63, 3.8) is 0 Å². The molecule has 4 nitrogen and oxygen atoms in total. The Labute approximate surface area is 118 Å². The van der Waals surface area contributed by atoms with E-state index in [0.29, 0.717) is 29.8 Å². The summed E-state index contributed by atoms with van der Waals surface area (Å²) >= 11 is 1.55. The lowest BCUT2D eigenvalue weighted by atomic mass is 10.3. The number of H-pyrrole nitrogens is 1. The van der Waals surface area contributed by atoms with Gasteiger partial charge in [-0.05, 0) is 29.6 Å². The van der Waals surface area contributed by atoms with E-state index in [9.17, 15) is 9.18 Å². The molecule has 0 aliphatic rings. The third-order valence-electron chi connectivity index (χ3n) is 2.86. The van der Waals surface area contributed by atoms with Crippen LogP contribution < -0.4 is 5.32 Å². The highest BCUT2D eigenvalue weighted by atomic mass is 32.1. The number of thiophene rings is 1. The molecule has 20 heavy (non-hydrogen) atoms. The number of imidazole rings is 1. The summed E-state index contributed by atoms with van der Waals surface area (Å²) in [5.74, 6) is 0.249. The molecule has 0 saturated carbocycles. The zero-order valence-electron chi connectivity index (χ0n) is 10.5. The highest BCUT2D eigenvalue weighted by molar-refractivity contribution is 7.10. The number of nitrogens with zero attached hydrogens (tertiary/aromatic N) is 1. The van der Waals surface area contributed by atoms with Crippen molar-refractivity contribution in [3.05, 3.63) is 52.2 Å². The molecule has 0 saturated heterocycles. The maximum Gasteiger partial charge on any atom is 0.225 e. The fraction of sp³-hybridized carbons (Fsp3) is 0.143. The molecule has 3 rings (SSSR count). The summed E-state index contributed by atoms with van der Waals surface area (Å²) in [6.07, 6.45) is 0.368. The van der Waals surface area contributed by atoms with Gasteiger partial charge < -0.3 is 10.3 Å². The second-order valence-corrected chi connectivity index (χ2v) is 5.41. The van der Waals surface area contributed by atoms with Crippen LogP contribution in [0.25, 0.3) is 11.0 Å². The summed E-state index contributed by atoms with van der Waals surface area (Å²) in [5.41, 5.74) is 1.32. The second-order valence-electron chi connectivity index (χ2n) is 4.38. The Kier molecular flexibility index (Phi) is 3.47. The van der Waals surface area contributed by atoms with Gasteiger partial charge in [-0.3, -0.25) is 4.79 Å². The van der Waals surface area contributed by atoms with E-state index in [1.807, 2.05) is 17.5 Å². The Morgan fingerprint density at radius 1 is 1.40 bits per heavy atom. The van der Waals surface area contributed by atoms with E-state index < -0.39 is 0 Å². The Morgan fingerprint density at radius 2 is 2.30 bits per heavy atom. The SMILES string of the molecule is O=C(Cc1cccs1)NCc1nc2ccc(F)cc2[nH]1. The molecular weight excluding hydrogens is 277 g/mol. The quantitative estimate of drug-likeness (QED) is 0.775. The maximum absolute atomic E-state index is 13.1. The van der Waals surface area contributed by atoms with Gasteiger partial charge in [0.25, 0.3) is 0 Å². The summed E-state index contributed by atoms with van der Waals surface area (Å²) in [6, 6.07) is 8.20. The molecule has 0 radical (unpaired) electrons. The number of benzene rings is 1. The third-order valence-corrected chi connectivity index (χ3v) is 3.74. The van der Waals surface area contributed by atoms with Crippen LogP contribution in [0, 0.1) is 5.82 Å². The van der Waals surface area contributed by atoms with Crippen molar-refractivity contribution in [1.29, 1.82) is 0 Å². The van der Waals surface area contributed by atoms with Crippen LogP contribution in [0.4, 0.5) is 4.39 Å². The molecule has 2 heterocycles. The number of nitrogens with one attached hydrogen (secondary N) is 2. The minimum atomic E-state index is -0.311. The zero-order chi connectivity index (χ0) is 13.9. The van der Waals surface area contributed by atoms with Gasteiger partial charge in [0.05, 0.1) is 24.0 Å². The van der Waals surface area contributed by atoms with Crippen molar-refractivity contribution < 1.29 is 9.18 Å².